The van der Waals surface area contributed by atoms with Gasteiger partial charge in [0.15, 0.2) is 5.41 Å². The summed E-state index contributed by atoms with van der Waals surface area (Å²) in [4.78, 5) is 36.9. The Morgan fingerprint density at radius 1 is 1.23 bits per heavy atom. The van der Waals surface area contributed by atoms with Gasteiger partial charge in [-0.25, -0.2) is 0 Å². The first kappa shape index (κ1) is 15.1. The van der Waals surface area contributed by atoms with Crippen LogP contribution in [0.5, 0.6) is 0 Å². The zero-order chi connectivity index (χ0) is 16.1. The standard InChI is InChI=1S/C16H20O6/c1-8-7-16(14(18)20-2,15(19)21-3)12-9-4-5-10(8)13(12)22-11(17)6-9/h9-10,12-13H,1,4-7H2,2-3H3. The molecule has 0 N–H and O–H groups in total. The fourth-order valence-electron chi connectivity index (χ4n) is 4.64. The van der Waals surface area contributed by atoms with E-state index in [1.165, 1.54) is 14.2 Å². The second-order valence-corrected chi connectivity index (χ2v) is 6.42. The third kappa shape index (κ3) is 1.82. The highest BCUT2D eigenvalue weighted by molar-refractivity contribution is 6.01. The molecule has 4 unspecified atom stereocenters. The molecule has 0 radical (unpaired) electrons. The lowest BCUT2D eigenvalue weighted by atomic mass is 9.51. The van der Waals surface area contributed by atoms with Crippen LogP contribution in [0.4, 0.5) is 0 Å². The zero-order valence-corrected chi connectivity index (χ0v) is 12.8. The highest BCUT2D eigenvalue weighted by atomic mass is 16.6. The van der Waals surface area contributed by atoms with Crippen LogP contribution < -0.4 is 0 Å². The van der Waals surface area contributed by atoms with Crippen molar-refractivity contribution in [2.45, 2.75) is 31.8 Å². The molecule has 3 rings (SSSR count). The molecule has 0 aromatic heterocycles. The van der Waals surface area contributed by atoms with Crippen LogP contribution in [0, 0.1) is 23.2 Å². The number of methoxy groups -OCH3 is 2. The number of carbonyl (C=O) groups is 3. The van der Waals surface area contributed by atoms with Crippen LogP contribution in [-0.4, -0.2) is 38.2 Å². The topological polar surface area (TPSA) is 78.9 Å². The van der Waals surface area contributed by atoms with Crippen LogP contribution >= 0.6 is 0 Å². The van der Waals surface area contributed by atoms with E-state index in [9.17, 15) is 14.4 Å². The molecule has 4 bridgehead atoms. The number of carbonyl (C=O) groups excluding carboxylic acids is 3. The SMILES string of the molecule is C=C1CC(C(=O)OC)(C(=O)OC)C2C3CCC1C2OC(=O)C3. The van der Waals surface area contributed by atoms with Crippen molar-refractivity contribution in [3.05, 3.63) is 12.2 Å². The lowest BCUT2D eigenvalue weighted by Gasteiger charge is -2.55. The Bertz CT molecular complexity index is 535. The fraction of sp³-hybridized carbons (Fsp3) is 0.688. The summed E-state index contributed by atoms with van der Waals surface area (Å²) in [7, 11) is 2.51. The molecule has 0 aromatic carbocycles. The van der Waals surface area contributed by atoms with E-state index < -0.39 is 29.4 Å². The summed E-state index contributed by atoms with van der Waals surface area (Å²) in [5, 5.41) is 0. The molecule has 0 aromatic rings. The summed E-state index contributed by atoms with van der Waals surface area (Å²) in [6.07, 6.45) is 1.59. The highest BCUT2D eigenvalue weighted by Gasteiger charge is 2.67. The van der Waals surface area contributed by atoms with Crippen LogP contribution in [0.15, 0.2) is 12.2 Å². The molecule has 3 fully saturated rings. The summed E-state index contributed by atoms with van der Waals surface area (Å²) in [5.41, 5.74) is -0.696. The van der Waals surface area contributed by atoms with Gasteiger partial charge < -0.3 is 14.2 Å². The van der Waals surface area contributed by atoms with E-state index in [0.29, 0.717) is 0 Å². The molecular weight excluding hydrogens is 288 g/mol. The smallest absolute Gasteiger partial charge is 0.323 e. The number of hydrogen-bond acceptors (Lipinski definition) is 6. The molecule has 1 aliphatic heterocycles. The molecule has 6 nitrogen and oxygen atoms in total. The fourth-order valence-corrected chi connectivity index (χ4v) is 4.64. The maximum Gasteiger partial charge on any atom is 0.323 e. The average Bonchev–Trinajstić information content (AvgIpc) is 2.49. The lowest BCUT2D eigenvalue weighted by molar-refractivity contribution is -0.209. The van der Waals surface area contributed by atoms with Crippen LogP contribution in [0.2, 0.25) is 0 Å². The largest absolute Gasteiger partial charge is 0.468 e. The maximum absolute atomic E-state index is 12.5. The molecule has 22 heavy (non-hydrogen) atoms. The monoisotopic (exact) mass is 308 g/mol. The quantitative estimate of drug-likeness (QED) is 0.330. The predicted molar refractivity (Wildman–Crippen MR) is 74.4 cm³/mol. The summed E-state index contributed by atoms with van der Waals surface area (Å²) in [5.74, 6) is -1.97. The molecule has 0 spiro atoms. The molecule has 4 atom stereocenters. The number of hydrogen-bond donors (Lipinski definition) is 0. The summed E-state index contributed by atoms with van der Waals surface area (Å²) in [6.45, 7) is 4.03. The predicted octanol–water partition coefficient (Wildman–Crippen LogP) is 1.24. The van der Waals surface area contributed by atoms with Gasteiger partial charge >= 0.3 is 17.9 Å². The van der Waals surface area contributed by atoms with E-state index in [1.54, 1.807) is 0 Å². The van der Waals surface area contributed by atoms with Crippen molar-refractivity contribution in [2.75, 3.05) is 14.2 Å². The Kier molecular flexibility index (Phi) is 3.50. The molecule has 0 amide bonds. The molecule has 3 aliphatic rings. The Morgan fingerprint density at radius 3 is 2.45 bits per heavy atom. The third-order valence-corrected chi connectivity index (χ3v) is 5.50. The van der Waals surface area contributed by atoms with Gasteiger partial charge in [-0.2, -0.15) is 0 Å². The van der Waals surface area contributed by atoms with Crippen molar-refractivity contribution in [3.8, 4) is 0 Å². The van der Waals surface area contributed by atoms with Crippen molar-refractivity contribution in [2.24, 2.45) is 23.2 Å². The van der Waals surface area contributed by atoms with Gasteiger partial charge in [0.05, 0.1) is 14.2 Å². The Balaban J connectivity index is 2.13. The Hall–Kier alpha value is -1.85. The van der Waals surface area contributed by atoms with E-state index in [4.69, 9.17) is 14.2 Å². The second-order valence-electron chi connectivity index (χ2n) is 6.42. The number of ether oxygens (including phenoxy) is 3. The van der Waals surface area contributed by atoms with Crippen molar-refractivity contribution in [3.63, 3.8) is 0 Å². The van der Waals surface area contributed by atoms with E-state index in [2.05, 4.69) is 6.58 Å². The minimum atomic E-state index is -1.45. The number of esters is 3. The van der Waals surface area contributed by atoms with Gasteiger partial charge in [-0.1, -0.05) is 12.2 Å². The maximum atomic E-state index is 12.5. The minimum Gasteiger partial charge on any atom is -0.468 e. The lowest BCUT2D eigenvalue weighted by Crippen LogP contribution is -2.63. The van der Waals surface area contributed by atoms with Gasteiger partial charge in [-0.15, -0.1) is 0 Å². The van der Waals surface area contributed by atoms with Crippen LogP contribution in [0.3, 0.4) is 0 Å². The minimum absolute atomic E-state index is 0.00735. The number of rotatable bonds is 2. The summed E-state index contributed by atoms with van der Waals surface area (Å²) >= 11 is 0. The first-order chi connectivity index (χ1) is 10.5. The van der Waals surface area contributed by atoms with E-state index in [-0.39, 0.29) is 30.6 Å². The van der Waals surface area contributed by atoms with Crippen LogP contribution in [0.25, 0.3) is 0 Å². The molecule has 2 aliphatic carbocycles. The first-order valence-electron chi connectivity index (χ1n) is 7.49. The first-order valence-corrected chi connectivity index (χ1v) is 7.49. The average molecular weight is 308 g/mol. The normalized spacial score (nSPS) is 35.4. The molecule has 6 heteroatoms. The third-order valence-electron chi connectivity index (χ3n) is 5.50. The Morgan fingerprint density at radius 2 is 1.86 bits per heavy atom. The van der Waals surface area contributed by atoms with Gasteiger partial charge in [0.25, 0.3) is 0 Å². The van der Waals surface area contributed by atoms with Crippen molar-refractivity contribution in [1.82, 2.24) is 0 Å². The Labute approximate surface area is 128 Å². The molecule has 1 saturated heterocycles. The van der Waals surface area contributed by atoms with Crippen LogP contribution in [0.1, 0.15) is 25.7 Å². The van der Waals surface area contributed by atoms with Crippen molar-refractivity contribution in [1.29, 1.82) is 0 Å². The zero-order valence-electron chi connectivity index (χ0n) is 12.8. The van der Waals surface area contributed by atoms with Crippen molar-refractivity contribution < 1.29 is 28.6 Å². The molecule has 2 saturated carbocycles. The van der Waals surface area contributed by atoms with Crippen LogP contribution in [-0.2, 0) is 28.6 Å². The van der Waals surface area contributed by atoms with E-state index in [0.717, 1.165) is 18.4 Å². The van der Waals surface area contributed by atoms with Gasteiger partial charge in [-0.05, 0) is 25.2 Å². The molecular formula is C16H20O6. The van der Waals surface area contributed by atoms with Gasteiger partial charge in [0.2, 0.25) is 0 Å². The summed E-state index contributed by atoms with van der Waals surface area (Å²) < 4.78 is 15.4. The molecule has 120 valence electrons. The summed E-state index contributed by atoms with van der Waals surface area (Å²) in [6, 6.07) is 0. The van der Waals surface area contributed by atoms with E-state index >= 15 is 0 Å². The van der Waals surface area contributed by atoms with Gasteiger partial charge in [-0.3, -0.25) is 14.4 Å². The van der Waals surface area contributed by atoms with Gasteiger partial charge in [0, 0.05) is 18.3 Å². The highest BCUT2D eigenvalue weighted by Crippen LogP contribution is 2.59. The second kappa shape index (κ2) is 5.11. The van der Waals surface area contributed by atoms with Gasteiger partial charge in [0.1, 0.15) is 6.10 Å². The molecule has 1 heterocycles. The van der Waals surface area contributed by atoms with Crippen molar-refractivity contribution >= 4 is 17.9 Å². The van der Waals surface area contributed by atoms with E-state index in [1.807, 2.05) is 0 Å².